The highest BCUT2D eigenvalue weighted by molar-refractivity contribution is 5.65. The molecular weight excluding hydrogens is 333 g/mol. The molecular formula is C20H26FN3O2. The van der Waals surface area contributed by atoms with Crippen LogP contribution in [0.1, 0.15) is 44.6 Å². The molecule has 5 nitrogen and oxygen atoms in total. The first-order chi connectivity index (χ1) is 12.5. The van der Waals surface area contributed by atoms with Gasteiger partial charge in [-0.05, 0) is 45.1 Å². The van der Waals surface area contributed by atoms with Crippen molar-refractivity contribution in [1.29, 1.82) is 5.26 Å². The lowest BCUT2D eigenvalue weighted by Gasteiger charge is -2.39. The lowest BCUT2D eigenvalue weighted by molar-refractivity contribution is 0.118. The average Bonchev–Trinajstić information content (AvgIpc) is 3.12. The van der Waals surface area contributed by atoms with Crippen LogP contribution in [0, 0.1) is 17.1 Å². The van der Waals surface area contributed by atoms with Crippen molar-refractivity contribution in [2.45, 2.75) is 56.5 Å². The molecule has 1 aliphatic carbocycles. The molecule has 1 heterocycles. The maximum atomic E-state index is 14.2. The van der Waals surface area contributed by atoms with E-state index in [-0.39, 0.29) is 11.9 Å². The van der Waals surface area contributed by atoms with Gasteiger partial charge in [0.25, 0.3) is 0 Å². The number of likely N-dealkylation sites (N-methyl/N-ethyl adjacent to an activating group) is 1. The Morgan fingerprint density at radius 3 is 2.65 bits per heavy atom. The van der Waals surface area contributed by atoms with E-state index < -0.39 is 11.5 Å². The van der Waals surface area contributed by atoms with Crippen LogP contribution in [0.25, 0.3) is 0 Å². The standard InChI is InChI=1S/C20H26FN3O2/c1-2-24(19(25)26)16-9-12-23(13-16)15-7-10-20(14-22,11-8-15)17-5-3-4-6-18(17)21/h3-6,15-16H,2,7-13H2,1H3,(H,25,26)/t15?,16-,20?/m1/s1. The highest BCUT2D eigenvalue weighted by atomic mass is 19.1. The Bertz CT molecular complexity index is 695. The van der Waals surface area contributed by atoms with Gasteiger partial charge in [0.1, 0.15) is 5.82 Å². The number of amides is 1. The summed E-state index contributed by atoms with van der Waals surface area (Å²) in [7, 11) is 0. The molecule has 1 amide bonds. The highest BCUT2D eigenvalue weighted by Gasteiger charge is 2.42. The van der Waals surface area contributed by atoms with E-state index in [2.05, 4.69) is 11.0 Å². The highest BCUT2D eigenvalue weighted by Crippen LogP contribution is 2.42. The summed E-state index contributed by atoms with van der Waals surface area (Å²) in [6, 6.07) is 9.39. The van der Waals surface area contributed by atoms with E-state index in [1.807, 2.05) is 6.92 Å². The van der Waals surface area contributed by atoms with Crippen molar-refractivity contribution in [3.8, 4) is 6.07 Å². The SMILES string of the molecule is CCN(C(=O)O)[C@@H]1CCN(C2CCC(C#N)(c3ccccc3F)CC2)C1. The average molecular weight is 359 g/mol. The van der Waals surface area contributed by atoms with Gasteiger partial charge < -0.3 is 10.0 Å². The summed E-state index contributed by atoms with van der Waals surface area (Å²) in [5, 5.41) is 19.1. The van der Waals surface area contributed by atoms with Gasteiger partial charge in [0.2, 0.25) is 0 Å². The molecule has 1 saturated heterocycles. The van der Waals surface area contributed by atoms with Gasteiger partial charge in [-0.3, -0.25) is 4.90 Å². The maximum absolute atomic E-state index is 14.2. The normalized spacial score (nSPS) is 29.3. The van der Waals surface area contributed by atoms with Crippen molar-refractivity contribution < 1.29 is 14.3 Å². The van der Waals surface area contributed by atoms with Gasteiger partial charge in [-0.2, -0.15) is 5.26 Å². The molecule has 1 aromatic rings. The van der Waals surface area contributed by atoms with Crippen LogP contribution >= 0.6 is 0 Å². The summed E-state index contributed by atoms with van der Waals surface area (Å²) < 4.78 is 14.2. The molecule has 26 heavy (non-hydrogen) atoms. The van der Waals surface area contributed by atoms with E-state index in [9.17, 15) is 19.6 Å². The van der Waals surface area contributed by atoms with Gasteiger partial charge in [-0.25, -0.2) is 9.18 Å². The molecule has 3 rings (SSSR count). The number of rotatable bonds is 4. The Kier molecular flexibility index (Phi) is 5.47. The Hall–Kier alpha value is -2.13. The first-order valence-corrected chi connectivity index (χ1v) is 9.40. The second kappa shape index (κ2) is 7.63. The van der Waals surface area contributed by atoms with Crippen LogP contribution in [-0.4, -0.2) is 52.7 Å². The molecule has 1 aliphatic heterocycles. The molecule has 0 spiro atoms. The number of likely N-dealkylation sites (tertiary alicyclic amines) is 1. The number of hydrogen-bond acceptors (Lipinski definition) is 3. The van der Waals surface area contributed by atoms with Crippen LogP contribution in [0.15, 0.2) is 24.3 Å². The quantitative estimate of drug-likeness (QED) is 0.892. The van der Waals surface area contributed by atoms with Crippen LogP contribution < -0.4 is 0 Å². The third-order valence-electron chi connectivity index (χ3n) is 6.15. The predicted octanol–water partition coefficient (Wildman–Crippen LogP) is 3.60. The van der Waals surface area contributed by atoms with Gasteiger partial charge >= 0.3 is 6.09 Å². The lowest BCUT2D eigenvalue weighted by atomic mass is 9.69. The van der Waals surface area contributed by atoms with Crippen LogP contribution in [0.3, 0.4) is 0 Å². The number of hydrogen-bond donors (Lipinski definition) is 1. The Balaban J connectivity index is 1.65. The van der Waals surface area contributed by atoms with Gasteiger partial charge in [-0.15, -0.1) is 0 Å². The molecule has 0 unspecified atom stereocenters. The number of carbonyl (C=O) groups is 1. The second-order valence-corrected chi connectivity index (χ2v) is 7.41. The van der Waals surface area contributed by atoms with Gasteiger partial charge in [-0.1, -0.05) is 18.2 Å². The molecule has 2 aliphatic rings. The Morgan fingerprint density at radius 1 is 1.38 bits per heavy atom. The second-order valence-electron chi connectivity index (χ2n) is 7.41. The van der Waals surface area contributed by atoms with E-state index in [0.717, 1.165) is 32.4 Å². The van der Waals surface area contributed by atoms with E-state index in [0.29, 0.717) is 31.0 Å². The van der Waals surface area contributed by atoms with Crippen molar-refractivity contribution in [3.05, 3.63) is 35.6 Å². The molecule has 140 valence electrons. The molecule has 0 aromatic heterocycles. The largest absolute Gasteiger partial charge is 0.465 e. The first-order valence-electron chi connectivity index (χ1n) is 9.40. The van der Waals surface area contributed by atoms with Gasteiger partial charge in [0.05, 0.1) is 11.5 Å². The fraction of sp³-hybridized carbons (Fsp3) is 0.600. The molecule has 6 heteroatoms. The summed E-state index contributed by atoms with van der Waals surface area (Å²) in [5.74, 6) is -0.297. The fourth-order valence-corrected chi connectivity index (χ4v) is 4.65. The summed E-state index contributed by atoms with van der Waals surface area (Å²) in [6.07, 6.45) is 2.97. The molecule has 0 bridgehead atoms. The Labute approximate surface area is 154 Å². The molecule has 1 atom stereocenters. The number of halogens is 1. The minimum atomic E-state index is -0.856. The van der Waals surface area contributed by atoms with Gasteiger partial charge in [0, 0.05) is 37.3 Å². The van der Waals surface area contributed by atoms with Crippen LogP contribution in [0.2, 0.25) is 0 Å². The number of carboxylic acid groups (broad SMARTS) is 1. The molecule has 1 saturated carbocycles. The summed E-state index contributed by atoms with van der Waals surface area (Å²) in [5.41, 5.74) is -0.222. The van der Waals surface area contributed by atoms with Crippen LogP contribution in [0.5, 0.6) is 0 Å². The minimum Gasteiger partial charge on any atom is -0.465 e. The summed E-state index contributed by atoms with van der Waals surface area (Å²) >= 11 is 0. The van der Waals surface area contributed by atoms with E-state index in [1.165, 1.54) is 11.0 Å². The number of benzene rings is 1. The Morgan fingerprint density at radius 2 is 2.08 bits per heavy atom. The zero-order valence-corrected chi connectivity index (χ0v) is 15.2. The van der Waals surface area contributed by atoms with Crippen molar-refractivity contribution >= 4 is 6.09 Å². The summed E-state index contributed by atoms with van der Waals surface area (Å²) in [4.78, 5) is 15.2. The number of nitriles is 1. The third-order valence-corrected chi connectivity index (χ3v) is 6.15. The topological polar surface area (TPSA) is 67.6 Å². The zero-order chi connectivity index (χ0) is 18.7. The van der Waals surface area contributed by atoms with Crippen molar-refractivity contribution in [2.24, 2.45) is 0 Å². The van der Waals surface area contributed by atoms with Gasteiger partial charge in [0.15, 0.2) is 0 Å². The monoisotopic (exact) mass is 359 g/mol. The predicted molar refractivity (Wildman–Crippen MR) is 96.3 cm³/mol. The van der Waals surface area contributed by atoms with Crippen molar-refractivity contribution in [1.82, 2.24) is 9.80 Å². The van der Waals surface area contributed by atoms with E-state index >= 15 is 0 Å². The van der Waals surface area contributed by atoms with Crippen molar-refractivity contribution in [3.63, 3.8) is 0 Å². The molecule has 1 aromatic carbocycles. The van der Waals surface area contributed by atoms with Crippen LogP contribution in [0.4, 0.5) is 9.18 Å². The maximum Gasteiger partial charge on any atom is 0.407 e. The lowest BCUT2D eigenvalue weighted by Crippen LogP contribution is -2.44. The van der Waals surface area contributed by atoms with Crippen LogP contribution in [-0.2, 0) is 5.41 Å². The van der Waals surface area contributed by atoms with Crippen molar-refractivity contribution in [2.75, 3.05) is 19.6 Å². The zero-order valence-electron chi connectivity index (χ0n) is 15.2. The summed E-state index contributed by atoms with van der Waals surface area (Å²) in [6.45, 7) is 4.01. The fourth-order valence-electron chi connectivity index (χ4n) is 4.65. The van der Waals surface area contributed by atoms with E-state index in [1.54, 1.807) is 18.2 Å². The minimum absolute atomic E-state index is 0.0479. The van der Waals surface area contributed by atoms with E-state index in [4.69, 9.17) is 0 Å². The first kappa shape index (κ1) is 18.7. The smallest absolute Gasteiger partial charge is 0.407 e. The molecule has 0 radical (unpaired) electrons. The molecule has 2 fully saturated rings. The third kappa shape index (κ3) is 3.41. The molecule has 1 N–H and O–H groups in total. The number of nitrogens with zero attached hydrogens (tertiary/aromatic N) is 3.